The summed E-state index contributed by atoms with van der Waals surface area (Å²) < 4.78 is 1.80. The molecule has 1 aliphatic heterocycles. The number of carbonyl (C=O) groups excluding carboxylic acids is 1. The number of nitrogens with two attached hydrogens (primary N) is 1. The molecule has 0 radical (unpaired) electrons. The zero-order valence-corrected chi connectivity index (χ0v) is 10.1. The van der Waals surface area contributed by atoms with Gasteiger partial charge in [0.15, 0.2) is 0 Å². The number of piperidine rings is 1. The molecule has 0 atom stereocenters. The fraction of sp³-hybridized carbons (Fsp3) is 0.667. The molecule has 2 rings (SSSR count). The Kier molecular flexibility index (Phi) is 4.14. The molecule has 1 saturated heterocycles. The SMILES string of the molecule is NC(=O)c1ccn(CCCN2CCCCC2)n1. The number of amides is 1. The molecule has 1 aliphatic rings. The van der Waals surface area contributed by atoms with E-state index in [1.54, 1.807) is 10.7 Å². The number of aryl methyl sites for hydroxylation is 1. The summed E-state index contributed by atoms with van der Waals surface area (Å²) in [7, 11) is 0. The molecule has 1 aromatic heterocycles. The molecular weight excluding hydrogens is 216 g/mol. The minimum absolute atomic E-state index is 0.350. The fourth-order valence-electron chi connectivity index (χ4n) is 2.26. The zero-order valence-electron chi connectivity index (χ0n) is 10.1. The van der Waals surface area contributed by atoms with Crippen molar-refractivity contribution in [2.75, 3.05) is 19.6 Å². The quantitative estimate of drug-likeness (QED) is 0.824. The largest absolute Gasteiger partial charge is 0.364 e. The van der Waals surface area contributed by atoms with Gasteiger partial charge < -0.3 is 10.6 Å². The summed E-state index contributed by atoms with van der Waals surface area (Å²) in [5, 5.41) is 4.12. The van der Waals surface area contributed by atoms with Gasteiger partial charge in [-0.15, -0.1) is 0 Å². The second-order valence-corrected chi connectivity index (χ2v) is 4.58. The van der Waals surface area contributed by atoms with E-state index in [4.69, 9.17) is 5.73 Å². The first-order valence-electron chi connectivity index (χ1n) is 6.31. The highest BCUT2D eigenvalue weighted by molar-refractivity contribution is 5.90. The van der Waals surface area contributed by atoms with E-state index in [-0.39, 0.29) is 0 Å². The van der Waals surface area contributed by atoms with Crippen LogP contribution in [0.3, 0.4) is 0 Å². The normalized spacial score (nSPS) is 17.2. The standard InChI is InChI=1S/C12H20N4O/c13-12(17)11-5-10-16(14-11)9-4-8-15-6-2-1-3-7-15/h5,10H,1-4,6-9H2,(H2,13,17). The van der Waals surface area contributed by atoms with Crippen molar-refractivity contribution in [1.82, 2.24) is 14.7 Å². The van der Waals surface area contributed by atoms with Crippen molar-refractivity contribution in [3.63, 3.8) is 0 Å². The van der Waals surface area contributed by atoms with Gasteiger partial charge in [-0.3, -0.25) is 9.48 Å². The first kappa shape index (κ1) is 12.1. The lowest BCUT2D eigenvalue weighted by molar-refractivity contribution is 0.0994. The number of aromatic nitrogens is 2. The maximum absolute atomic E-state index is 10.9. The predicted molar refractivity (Wildman–Crippen MR) is 65.7 cm³/mol. The van der Waals surface area contributed by atoms with Crippen LogP contribution in [0.15, 0.2) is 12.3 Å². The van der Waals surface area contributed by atoms with E-state index in [1.807, 2.05) is 6.20 Å². The number of nitrogens with zero attached hydrogens (tertiary/aromatic N) is 3. The third-order valence-corrected chi connectivity index (χ3v) is 3.20. The van der Waals surface area contributed by atoms with Gasteiger partial charge >= 0.3 is 0 Å². The maximum Gasteiger partial charge on any atom is 0.269 e. The lowest BCUT2D eigenvalue weighted by atomic mass is 10.1. The molecule has 94 valence electrons. The van der Waals surface area contributed by atoms with Crippen LogP contribution in [0.5, 0.6) is 0 Å². The van der Waals surface area contributed by atoms with Crippen molar-refractivity contribution in [2.45, 2.75) is 32.2 Å². The van der Waals surface area contributed by atoms with Crippen LogP contribution in [0, 0.1) is 0 Å². The molecule has 0 spiro atoms. The summed E-state index contributed by atoms with van der Waals surface area (Å²) in [6.07, 6.45) is 6.91. The van der Waals surface area contributed by atoms with Crippen molar-refractivity contribution in [2.24, 2.45) is 5.73 Å². The van der Waals surface area contributed by atoms with E-state index >= 15 is 0 Å². The average molecular weight is 236 g/mol. The van der Waals surface area contributed by atoms with Crippen LogP contribution in [0.25, 0.3) is 0 Å². The van der Waals surface area contributed by atoms with Gasteiger partial charge in [0.05, 0.1) is 0 Å². The maximum atomic E-state index is 10.9. The number of rotatable bonds is 5. The molecule has 5 nitrogen and oxygen atoms in total. The molecule has 17 heavy (non-hydrogen) atoms. The second-order valence-electron chi connectivity index (χ2n) is 4.58. The summed E-state index contributed by atoms with van der Waals surface area (Å²) in [6.45, 7) is 4.42. The Morgan fingerprint density at radius 3 is 2.71 bits per heavy atom. The van der Waals surface area contributed by atoms with E-state index in [2.05, 4.69) is 10.00 Å². The van der Waals surface area contributed by atoms with E-state index in [1.165, 1.54) is 32.4 Å². The van der Waals surface area contributed by atoms with Gasteiger partial charge in [0, 0.05) is 12.7 Å². The van der Waals surface area contributed by atoms with Gasteiger partial charge in [-0.05, 0) is 45.0 Å². The molecule has 0 aliphatic carbocycles. The van der Waals surface area contributed by atoms with E-state index < -0.39 is 5.91 Å². The molecular formula is C12H20N4O. The third-order valence-electron chi connectivity index (χ3n) is 3.20. The van der Waals surface area contributed by atoms with Crippen LogP contribution in [0.1, 0.15) is 36.2 Å². The lowest BCUT2D eigenvalue weighted by Crippen LogP contribution is -2.31. The molecule has 5 heteroatoms. The van der Waals surface area contributed by atoms with E-state index in [9.17, 15) is 4.79 Å². The highest BCUT2D eigenvalue weighted by atomic mass is 16.1. The second kappa shape index (κ2) is 5.82. The lowest BCUT2D eigenvalue weighted by Gasteiger charge is -2.26. The average Bonchev–Trinajstić information content (AvgIpc) is 2.79. The van der Waals surface area contributed by atoms with Crippen LogP contribution >= 0.6 is 0 Å². The minimum atomic E-state index is -0.459. The van der Waals surface area contributed by atoms with Gasteiger partial charge in [0.25, 0.3) is 5.91 Å². The third kappa shape index (κ3) is 3.56. The van der Waals surface area contributed by atoms with Crippen molar-refractivity contribution in [1.29, 1.82) is 0 Å². The molecule has 0 aromatic carbocycles. The van der Waals surface area contributed by atoms with E-state index in [0.29, 0.717) is 5.69 Å². The Balaban J connectivity index is 1.71. The van der Waals surface area contributed by atoms with Crippen LogP contribution in [-0.2, 0) is 6.54 Å². The first-order chi connectivity index (χ1) is 8.25. The number of hydrogen-bond acceptors (Lipinski definition) is 3. The summed E-state index contributed by atoms with van der Waals surface area (Å²) in [5.41, 5.74) is 5.50. The predicted octanol–water partition coefficient (Wildman–Crippen LogP) is 0.858. The Hall–Kier alpha value is -1.36. The molecule has 1 amide bonds. The Morgan fingerprint density at radius 1 is 1.29 bits per heavy atom. The van der Waals surface area contributed by atoms with Gasteiger partial charge in [-0.2, -0.15) is 5.10 Å². The van der Waals surface area contributed by atoms with Crippen molar-refractivity contribution >= 4 is 5.91 Å². The zero-order chi connectivity index (χ0) is 12.1. The number of primary amides is 1. The molecule has 0 unspecified atom stereocenters. The fourth-order valence-corrected chi connectivity index (χ4v) is 2.26. The summed E-state index contributed by atoms with van der Waals surface area (Å²) >= 11 is 0. The monoisotopic (exact) mass is 236 g/mol. The minimum Gasteiger partial charge on any atom is -0.364 e. The van der Waals surface area contributed by atoms with Crippen LogP contribution < -0.4 is 5.73 Å². The van der Waals surface area contributed by atoms with Crippen LogP contribution in [-0.4, -0.2) is 40.2 Å². The van der Waals surface area contributed by atoms with Gasteiger partial charge in [-0.25, -0.2) is 0 Å². The van der Waals surface area contributed by atoms with E-state index in [0.717, 1.165) is 19.5 Å². The Labute approximate surface area is 102 Å². The van der Waals surface area contributed by atoms with Crippen LogP contribution in [0.4, 0.5) is 0 Å². The molecule has 2 N–H and O–H groups in total. The van der Waals surface area contributed by atoms with Gasteiger partial charge in [0.2, 0.25) is 0 Å². The number of likely N-dealkylation sites (tertiary alicyclic amines) is 1. The van der Waals surface area contributed by atoms with Gasteiger partial charge in [-0.1, -0.05) is 6.42 Å². The molecule has 2 heterocycles. The highest BCUT2D eigenvalue weighted by Crippen LogP contribution is 2.09. The van der Waals surface area contributed by atoms with Gasteiger partial charge in [0.1, 0.15) is 5.69 Å². The highest BCUT2D eigenvalue weighted by Gasteiger charge is 2.09. The number of carbonyl (C=O) groups is 1. The molecule has 0 bridgehead atoms. The van der Waals surface area contributed by atoms with Crippen LogP contribution in [0.2, 0.25) is 0 Å². The Bertz CT molecular complexity index is 368. The van der Waals surface area contributed by atoms with Crippen molar-refractivity contribution in [3.8, 4) is 0 Å². The number of hydrogen-bond donors (Lipinski definition) is 1. The topological polar surface area (TPSA) is 64.2 Å². The summed E-state index contributed by atoms with van der Waals surface area (Å²) in [5.74, 6) is -0.459. The molecule has 1 aromatic rings. The Morgan fingerprint density at radius 2 is 2.06 bits per heavy atom. The summed E-state index contributed by atoms with van der Waals surface area (Å²) in [6, 6.07) is 1.67. The smallest absolute Gasteiger partial charge is 0.269 e. The van der Waals surface area contributed by atoms with Crippen molar-refractivity contribution in [3.05, 3.63) is 18.0 Å². The first-order valence-corrected chi connectivity index (χ1v) is 6.31. The van der Waals surface area contributed by atoms with Crippen molar-refractivity contribution < 1.29 is 4.79 Å². The molecule has 1 fully saturated rings. The summed E-state index contributed by atoms with van der Waals surface area (Å²) in [4.78, 5) is 13.4. The molecule has 0 saturated carbocycles.